The Morgan fingerprint density at radius 3 is 2.89 bits per heavy atom. The lowest BCUT2D eigenvalue weighted by Gasteiger charge is -2.06. The molecule has 0 saturated carbocycles. The van der Waals surface area contributed by atoms with E-state index in [-0.39, 0.29) is 0 Å². The van der Waals surface area contributed by atoms with E-state index in [9.17, 15) is 0 Å². The highest BCUT2D eigenvalue weighted by atomic mass is 35.5. The molecular formula is C16H14ClNO. The van der Waals surface area contributed by atoms with E-state index in [1.54, 1.807) is 0 Å². The molecule has 96 valence electrons. The van der Waals surface area contributed by atoms with Gasteiger partial charge < -0.3 is 9.72 Å². The predicted molar refractivity (Wildman–Crippen MR) is 78.8 cm³/mol. The number of hydrogen-bond acceptors (Lipinski definition) is 1. The van der Waals surface area contributed by atoms with Crippen LogP contribution in [0.2, 0.25) is 5.02 Å². The molecular weight excluding hydrogens is 258 g/mol. The molecule has 1 aromatic heterocycles. The third-order valence-electron chi connectivity index (χ3n) is 3.11. The Bertz CT molecular complexity index is 718. The molecule has 3 rings (SSSR count). The first-order valence-electron chi connectivity index (χ1n) is 6.17. The molecule has 1 N–H and O–H groups in total. The van der Waals surface area contributed by atoms with Crippen molar-refractivity contribution in [3.63, 3.8) is 0 Å². The molecule has 3 heteroatoms. The summed E-state index contributed by atoms with van der Waals surface area (Å²) in [6.07, 6.45) is 1.97. The van der Waals surface area contributed by atoms with E-state index in [1.165, 1.54) is 5.56 Å². The molecule has 0 aliphatic heterocycles. The Labute approximate surface area is 117 Å². The lowest BCUT2D eigenvalue weighted by molar-refractivity contribution is 0.307. The second-order valence-corrected chi connectivity index (χ2v) is 5.05. The highest BCUT2D eigenvalue weighted by molar-refractivity contribution is 6.31. The molecule has 1 heterocycles. The molecule has 0 amide bonds. The molecule has 0 spiro atoms. The van der Waals surface area contributed by atoms with E-state index in [0.29, 0.717) is 6.61 Å². The van der Waals surface area contributed by atoms with Gasteiger partial charge in [-0.15, -0.1) is 0 Å². The summed E-state index contributed by atoms with van der Waals surface area (Å²) >= 11 is 6.03. The first-order chi connectivity index (χ1) is 9.22. The standard InChI is InChI=1S/C16H14ClNO/c1-11-3-2-4-14(7-11)19-10-12-9-18-16-6-5-13(17)8-15(12)16/h2-9,18H,10H2,1H3. The van der Waals surface area contributed by atoms with Crippen molar-refractivity contribution in [2.45, 2.75) is 13.5 Å². The molecule has 2 aromatic carbocycles. The molecule has 19 heavy (non-hydrogen) atoms. The van der Waals surface area contributed by atoms with Crippen molar-refractivity contribution in [2.75, 3.05) is 0 Å². The van der Waals surface area contributed by atoms with E-state index in [0.717, 1.165) is 27.2 Å². The third kappa shape index (κ3) is 2.59. The fourth-order valence-electron chi connectivity index (χ4n) is 2.14. The number of ether oxygens (including phenoxy) is 1. The second kappa shape index (κ2) is 4.98. The lowest BCUT2D eigenvalue weighted by Crippen LogP contribution is -1.94. The minimum Gasteiger partial charge on any atom is -0.489 e. The second-order valence-electron chi connectivity index (χ2n) is 4.61. The van der Waals surface area contributed by atoms with Gasteiger partial charge in [-0.2, -0.15) is 0 Å². The van der Waals surface area contributed by atoms with Gasteiger partial charge >= 0.3 is 0 Å². The summed E-state index contributed by atoms with van der Waals surface area (Å²) in [6.45, 7) is 2.59. The van der Waals surface area contributed by atoms with Gasteiger partial charge in [-0.1, -0.05) is 23.7 Å². The quantitative estimate of drug-likeness (QED) is 0.733. The first-order valence-corrected chi connectivity index (χ1v) is 6.55. The summed E-state index contributed by atoms with van der Waals surface area (Å²) in [6, 6.07) is 13.9. The van der Waals surface area contributed by atoms with Crippen molar-refractivity contribution in [1.29, 1.82) is 0 Å². The van der Waals surface area contributed by atoms with E-state index < -0.39 is 0 Å². The van der Waals surface area contributed by atoms with Gasteiger partial charge in [-0.25, -0.2) is 0 Å². The third-order valence-corrected chi connectivity index (χ3v) is 3.35. The van der Waals surface area contributed by atoms with E-state index in [2.05, 4.69) is 18.0 Å². The Balaban J connectivity index is 1.84. The Morgan fingerprint density at radius 2 is 2.05 bits per heavy atom. The van der Waals surface area contributed by atoms with Crippen LogP contribution < -0.4 is 4.74 Å². The SMILES string of the molecule is Cc1cccc(OCc2c[nH]c3ccc(Cl)cc23)c1. The zero-order valence-electron chi connectivity index (χ0n) is 10.6. The van der Waals surface area contributed by atoms with Crippen LogP contribution in [0.4, 0.5) is 0 Å². The Kier molecular flexibility index (Phi) is 3.18. The number of aromatic nitrogens is 1. The predicted octanol–water partition coefficient (Wildman–Crippen LogP) is 4.71. The maximum absolute atomic E-state index is 6.03. The molecule has 0 radical (unpaired) electrons. The van der Waals surface area contributed by atoms with Crippen LogP contribution in [-0.4, -0.2) is 4.98 Å². The van der Waals surface area contributed by atoms with Crippen LogP contribution in [0.1, 0.15) is 11.1 Å². The maximum Gasteiger partial charge on any atom is 0.120 e. The van der Waals surface area contributed by atoms with Crippen molar-refractivity contribution < 1.29 is 4.74 Å². The first kappa shape index (κ1) is 12.1. The van der Waals surface area contributed by atoms with Gasteiger partial charge in [0, 0.05) is 27.7 Å². The van der Waals surface area contributed by atoms with Crippen LogP contribution in [-0.2, 0) is 6.61 Å². The van der Waals surface area contributed by atoms with Crippen molar-refractivity contribution >= 4 is 22.5 Å². The normalized spacial score (nSPS) is 10.8. The van der Waals surface area contributed by atoms with E-state index in [1.807, 2.05) is 42.6 Å². The summed E-state index contributed by atoms with van der Waals surface area (Å²) in [5, 5.41) is 1.85. The van der Waals surface area contributed by atoms with Gasteiger partial charge in [0.05, 0.1) is 0 Å². The molecule has 0 bridgehead atoms. The maximum atomic E-state index is 6.03. The molecule has 0 atom stereocenters. The number of hydrogen-bond donors (Lipinski definition) is 1. The van der Waals surface area contributed by atoms with Gasteiger partial charge in [-0.3, -0.25) is 0 Å². The molecule has 2 nitrogen and oxygen atoms in total. The molecule has 0 fully saturated rings. The van der Waals surface area contributed by atoms with Crippen LogP contribution in [0, 0.1) is 6.92 Å². The largest absolute Gasteiger partial charge is 0.489 e. The van der Waals surface area contributed by atoms with Gasteiger partial charge in [0.15, 0.2) is 0 Å². The summed E-state index contributed by atoms with van der Waals surface area (Å²) in [4.78, 5) is 3.22. The van der Waals surface area contributed by atoms with Crippen LogP contribution in [0.15, 0.2) is 48.7 Å². The molecule has 0 aliphatic rings. The number of aromatic amines is 1. The minimum absolute atomic E-state index is 0.532. The number of benzene rings is 2. The number of rotatable bonds is 3. The van der Waals surface area contributed by atoms with Crippen molar-refractivity contribution in [3.8, 4) is 5.75 Å². The van der Waals surface area contributed by atoms with Crippen molar-refractivity contribution in [3.05, 3.63) is 64.8 Å². The summed E-state index contributed by atoms with van der Waals surface area (Å²) < 4.78 is 5.82. The van der Waals surface area contributed by atoms with Crippen LogP contribution in [0.5, 0.6) is 5.75 Å². The van der Waals surface area contributed by atoms with Gasteiger partial charge in [0.1, 0.15) is 12.4 Å². The monoisotopic (exact) mass is 271 g/mol. The molecule has 3 aromatic rings. The van der Waals surface area contributed by atoms with Crippen LogP contribution in [0.25, 0.3) is 10.9 Å². The topological polar surface area (TPSA) is 25.0 Å². The number of halogens is 1. The number of fused-ring (bicyclic) bond motifs is 1. The zero-order chi connectivity index (χ0) is 13.2. The lowest BCUT2D eigenvalue weighted by atomic mass is 10.2. The summed E-state index contributed by atoms with van der Waals surface area (Å²) in [5.41, 5.74) is 3.38. The zero-order valence-corrected chi connectivity index (χ0v) is 11.4. The fourth-order valence-corrected chi connectivity index (χ4v) is 2.31. The van der Waals surface area contributed by atoms with Crippen LogP contribution in [0.3, 0.4) is 0 Å². The molecule has 0 unspecified atom stereocenters. The number of aryl methyl sites for hydroxylation is 1. The molecule has 0 aliphatic carbocycles. The average molecular weight is 272 g/mol. The van der Waals surface area contributed by atoms with Gasteiger partial charge in [0.2, 0.25) is 0 Å². The van der Waals surface area contributed by atoms with Gasteiger partial charge in [-0.05, 0) is 42.8 Å². The van der Waals surface area contributed by atoms with Crippen molar-refractivity contribution in [1.82, 2.24) is 4.98 Å². The minimum atomic E-state index is 0.532. The Morgan fingerprint density at radius 1 is 1.16 bits per heavy atom. The molecule has 0 saturated heterocycles. The van der Waals surface area contributed by atoms with Crippen molar-refractivity contribution in [2.24, 2.45) is 0 Å². The van der Waals surface area contributed by atoms with Gasteiger partial charge in [0.25, 0.3) is 0 Å². The average Bonchev–Trinajstić information content (AvgIpc) is 2.79. The number of nitrogens with one attached hydrogen (secondary N) is 1. The fraction of sp³-hybridized carbons (Fsp3) is 0.125. The Hall–Kier alpha value is -1.93. The van der Waals surface area contributed by atoms with E-state index in [4.69, 9.17) is 16.3 Å². The van der Waals surface area contributed by atoms with E-state index >= 15 is 0 Å². The highest BCUT2D eigenvalue weighted by Gasteiger charge is 2.05. The number of H-pyrrole nitrogens is 1. The smallest absolute Gasteiger partial charge is 0.120 e. The summed E-state index contributed by atoms with van der Waals surface area (Å²) in [5.74, 6) is 0.886. The summed E-state index contributed by atoms with van der Waals surface area (Å²) in [7, 11) is 0. The highest BCUT2D eigenvalue weighted by Crippen LogP contribution is 2.23. The van der Waals surface area contributed by atoms with Crippen LogP contribution >= 0.6 is 11.6 Å².